The summed E-state index contributed by atoms with van der Waals surface area (Å²) in [7, 11) is 0. The highest BCUT2D eigenvalue weighted by molar-refractivity contribution is 5.79. The molecule has 1 aliphatic carbocycles. The summed E-state index contributed by atoms with van der Waals surface area (Å²) >= 11 is 0. The van der Waals surface area contributed by atoms with E-state index in [9.17, 15) is 0 Å². The third-order valence-corrected chi connectivity index (χ3v) is 3.85. The molecule has 0 amide bonds. The van der Waals surface area contributed by atoms with Gasteiger partial charge in [-0.1, -0.05) is 18.9 Å². The Labute approximate surface area is 102 Å². The van der Waals surface area contributed by atoms with Gasteiger partial charge in [0.1, 0.15) is 0 Å². The summed E-state index contributed by atoms with van der Waals surface area (Å²) in [6, 6.07) is 6.38. The van der Waals surface area contributed by atoms with Crippen LogP contribution in [-0.4, -0.2) is 9.55 Å². The Morgan fingerprint density at radius 1 is 1.35 bits per heavy atom. The van der Waals surface area contributed by atoms with Crippen LogP contribution in [-0.2, 0) is 6.54 Å². The monoisotopic (exact) mass is 229 g/mol. The van der Waals surface area contributed by atoms with Gasteiger partial charge in [-0.2, -0.15) is 0 Å². The summed E-state index contributed by atoms with van der Waals surface area (Å²) in [4.78, 5) is 4.46. The number of rotatable bonds is 2. The van der Waals surface area contributed by atoms with Crippen LogP contribution < -0.4 is 5.73 Å². The zero-order chi connectivity index (χ0) is 11.8. The molecule has 17 heavy (non-hydrogen) atoms. The lowest BCUT2D eigenvalue weighted by atomic mass is 10.1. The Bertz CT molecular complexity index is 536. The zero-order valence-corrected chi connectivity index (χ0v) is 10.3. The van der Waals surface area contributed by atoms with Gasteiger partial charge < -0.3 is 10.3 Å². The number of anilines is 1. The molecule has 3 nitrogen and oxygen atoms in total. The lowest BCUT2D eigenvalue weighted by molar-refractivity contribution is 0.468. The molecule has 2 aromatic rings. The van der Waals surface area contributed by atoms with Gasteiger partial charge in [-0.3, -0.25) is 0 Å². The van der Waals surface area contributed by atoms with E-state index in [0.717, 1.165) is 18.0 Å². The minimum atomic E-state index is 0.664. The number of fused-ring (bicyclic) bond motifs is 1. The van der Waals surface area contributed by atoms with Crippen molar-refractivity contribution in [1.82, 2.24) is 9.55 Å². The maximum atomic E-state index is 6.03. The summed E-state index contributed by atoms with van der Waals surface area (Å²) in [5.41, 5.74) is 9.48. The second kappa shape index (κ2) is 4.06. The molecule has 2 N–H and O–H groups in total. The van der Waals surface area contributed by atoms with Crippen LogP contribution in [0.5, 0.6) is 0 Å². The van der Waals surface area contributed by atoms with Gasteiger partial charge in [-0.15, -0.1) is 0 Å². The van der Waals surface area contributed by atoms with Crippen LogP contribution in [0.25, 0.3) is 11.0 Å². The molecule has 0 bridgehead atoms. The van der Waals surface area contributed by atoms with E-state index in [1.54, 1.807) is 0 Å². The van der Waals surface area contributed by atoms with E-state index in [1.807, 2.05) is 0 Å². The fraction of sp³-hybridized carbons (Fsp3) is 0.500. The number of nitrogens with two attached hydrogens (primary N) is 1. The summed E-state index contributed by atoms with van der Waals surface area (Å²) in [6.07, 6.45) is 5.42. The van der Waals surface area contributed by atoms with Crippen molar-refractivity contribution in [3.8, 4) is 0 Å². The SMILES string of the molecule is Cc1ccc2c(c1)nc(N)n2CC1CCCC1. The lowest BCUT2D eigenvalue weighted by Gasteiger charge is -2.12. The number of imidazole rings is 1. The Kier molecular flexibility index (Phi) is 2.54. The molecule has 1 heterocycles. The molecule has 0 unspecified atom stereocenters. The van der Waals surface area contributed by atoms with E-state index in [1.165, 1.54) is 36.8 Å². The topological polar surface area (TPSA) is 43.8 Å². The maximum absolute atomic E-state index is 6.03. The fourth-order valence-corrected chi connectivity index (χ4v) is 2.90. The molecule has 1 saturated carbocycles. The second-order valence-corrected chi connectivity index (χ2v) is 5.22. The van der Waals surface area contributed by atoms with E-state index >= 15 is 0 Å². The van der Waals surface area contributed by atoms with Gasteiger partial charge in [0.2, 0.25) is 5.95 Å². The maximum Gasteiger partial charge on any atom is 0.201 e. The van der Waals surface area contributed by atoms with E-state index < -0.39 is 0 Å². The summed E-state index contributed by atoms with van der Waals surface area (Å²) in [5, 5.41) is 0. The predicted molar refractivity (Wildman–Crippen MR) is 70.8 cm³/mol. The standard InChI is InChI=1S/C14H19N3/c1-10-6-7-13-12(8-10)16-14(15)17(13)9-11-4-2-3-5-11/h6-8,11H,2-5,9H2,1H3,(H2,15,16). The Balaban J connectivity index is 1.99. The quantitative estimate of drug-likeness (QED) is 0.859. The van der Waals surface area contributed by atoms with E-state index in [-0.39, 0.29) is 0 Å². The Morgan fingerprint density at radius 2 is 2.12 bits per heavy atom. The molecule has 0 radical (unpaired) electrons. The van der Waals surface area contributed by atoms with Crippen molar-refractivity contribution in [3.05, 3.63) is 23.8 Å². The first-order valence-electron chi connectivity index (χ1n) is 6.46. The van der Waals surface area contributed by atoms with Crippen LogP contribution in [0.2, 0.25) is 0 Å². The number of nitrogens with zero attached hydrogens (tertiary/aromatic N) is 2. The highest BCUT2D eigenvalue weighted by Crippen LogP contribution is 2.29. The molecule has 1 aromatic heterocycles. The van der Waals surface area contributed by atoms with Crippen molar-refractivity contribution in [3.63, 3.8) is 0 Å². The molecule has 0 saturated heterocycles. The average molecular weight is 229 g/mol. The van der Waals surface area contributed by atoms with Gasteiger partial charge in [0.25, 0.3) is 0 Å². The van der Waals surface area contributed by atoms with Gasteiger partial charge in [0, 0.05) is 6.54 Å². The van der Waals surface area contributed by atoms with Gasteiger partial charge in [0.05, 0.1) is 11.0 Å². The van der Waals surface area contributed by atoms with Crippen molar-refractivity contribution in [2.75, 3.05) is 5.73 Å². The second-order valence-electron chi connectivity index (χ2n) is 5.22. The van der Waals surface area contributed by atoms with Crippen LogP contribution in [0.4, 0.5) is 5.95 Å². The third kappa shape index (κ3) is 1.90. The molecule has 0 atom stereocenters. The van der Waals surface area contributed by atoms with Crippen molar-refractivity contribution in [2.24, 2.45) is 5.92 Å². The largest absolute Gasteiger partial charge is 0.369 e. The minimum absolute atomic E-state index is 0.664. The molecule has 0 aliphatic heterocycles. The minimum Gasteiger partial charge on any atom is -0.369 e. The number of hydrogen-bond acceptors (Lipinski definition) is 2. The first-order valence-corrected chi connectivity index (χ1v) is 6.46. The van der Waals surface area contributed by atoms with Crippen molar-refractivity contribution in [2.45, 2.75) is 39.2 Å². The molecule has 1 fully saturated rings. The first-order chi connectivity index (χ1) is 8.24. The number of nitrogen functional groups attached to an aromatic ring is 1. The Morgan fingerprint density at radius 3 is 2.88 bits per heavy atom. The van der Waals surface area contributed by atoms with Gasteiger partial charge in [-0.25, -0.2) is 4.98 Å². The average Bonchev–Trinajstić information content (AvgIpc) is 2.88. The highest BCUT2D eigenvalue weighted by Gasteiger charge is 2.18. The molecule has 1 aromatic carbocycles. The summed E-state index contributed by atoms with van der Waals surface area (Å²) < 4.78 is 2.19. The van der Waals surface area contributed by atoms with E-state index in [0.29, 0.717) is 5.95 Å². The summed E-state index contributed by atoms with van der Waals surface area (Å²) in [5.74, 6) is 1.45. The van der Waals surface area contributed by atoms with Crippen molar-refractivity contribution >= 4 is 17.0 Å². The van der Waals surface area contributed by atoms with Crippen molar-refractivity contribution < 1.29 is 0 Å². The normalized spacial score (nSPS) is 17.0. The molecule has 3 rings (SSSR count). The fourth-order valence-electron chi connectivity index (χ4n) is 2.90. The highest BCUT2D eigenvalue weighted by atomic mass is 15.2. The Hall–Kier alpha value is -1.51. The van der Waals surface area contributed by atoms with Crippen LogP contribution in [0.15, 0.2) is 18.2 Å². The molecule has 90 valence electrons. The number of aryl methyl sites for hydroxylation is 1. The molecular formula is C14H19N3. The predicted octanol–water partition coefficient (Wildman–Crippen LogP) is 3.12. The molecular weight excluding hydrogens is 210 g/mol. The van der Waals surface area contributed by atoms with Crippen LogP contribution in [0.3, 0.4) is 0 Å². The summed E-state index contributed by atoms with van der Waals surface area (Å²) in [6.45, 7) is 3.12. The van der Waals surface area contributed by atoms with Gasteiger partial charge in [-0.05, 0) is 43.4 Å². The van der Waals surface area contributed by atoms with Crippen LogP contribution in [0, 0.1) is 12.8 Å². The van der Waals surface area contributed by atoms with Crippen LogP contribution in [0.1, 0.15) is 31.2 Å². The third-order valence-electron chi connectivity index (χ3n) is 3.85. The van der Waals surface area contributed by atoms with Gasteiger partial charge >= 0.3 is 0 Å². The van der Waals surface area contributed by atoms with Crippen LogP contribution >= 0.6 is 0 Å². The zero-order valence-electron chi connectivity index (χ0n) is 10.3. The van der Waals surface area contributed by atoms with E-state index in [4.69, 9.17) is 5.73 Å². The number of hydrogen-bond donors (Lipinski definition) is 1. The number of benzene rings is 1. The van der Waals surface area contributed by atoms with Crippen molar-refractivity contribution in [1.29, 1.82) is 0 Å². The number of aromatic nitrogens is 2. The molecule has 1 aliphatic rings. The van der Waals surface area contributed by atoms with E-state index in [2.05, 4.69) is 34.7 Å². The lowest BCUT2D eigenvalue weighted by Crippen LogP contribution is -2.10. The smallest absolute Gasteiger partial charge is 0.201 e. The molecule has 0 spiro atoms. The first kappa shape index (κ1) is 10.6. The molecule has 3 heteroatoms. The van der Waals surface area contributed by atoms with Gasteiger partial charge in [0.15, 0.2) is 0 Å².